The second kappa shape index (κ2) is 16.2. The van der Waals surface area contributed by atoms with Crippen LogP contribution in [0.1, 0.15) is 0 Å². The summed E-state index contributed by atoms with van der Waals surface area (Å²) in [7, 11) is 0. The van der Waals surface area contributed by atoms with Gasteiger partial charge in [-0.15, -0.1) is 0 Å². The van der Waals surface area contributed by atoms with Crippen molar-refractivity contribution in [3.63, 3.8) is 0 Å². The molecule has 0 nitrogen and oxygen atoms in total. The van der Waals surface area contributed by atoms with Crippen LogP contribution in [0.15, 0.2) is 0 Å². The second-order valence-corrected chi connectivity index (χ2v) is 2.50. The van der Waals surface area contributed by atoms with E-state index >= 15 is 0 Å². The van der Waals surface area contributed by atoms with Crippen LogP contribution in [0.4, 0.5) is 0 Å². The molecule has 0 aromatic carbocycles. The van der Waals surface area contributed by atoms with Crippen molar-refractivity contribution in [2.24, 2.45) is 0 Å². The zero-order chi connectivity index (χ0) is 16.1. The van der Waals surface area contributed by atoms with Crippen LogP contribution in [0.25, 0.3) is 0 Å². The van der Waals surface area contributed by atoms with Gasteiger partial charge in [0, 0.05) is 131 Å². The van der Waals surface area contributed by atoms with E-state index < -0.39 is 0 Å². The van der Waals surface area contributed by atoms with Crippen LogP contribution in [0.2, 0.25) is 0 Å². The topological polar surface area (TPSA) is 0 Å². The van der Waals surface area contributed by atoms with Crippen LogP contribution in [0, 0.1) is 131 Å². The Morgan fingerprint density at radius 1 is 0.227 bits per heavy atom. The van der Waals surface area contributed by atoms with Crippen molar-refractivity contribution in [3.05, 3.63) is 12.8 Å². The fourth-order valence-electron chi connectivity index (χ4n) is 0.562. The minimum absolute atomic E-state index is 1.87. The van der Waals surface area contributed by atoms with Gasteiger partial charge in [-0.05, 0) is 0 Å². The Hall–Kier alpha value is -4.84. The zero-order valence-corrected chi connectivity index (χ0v) is 11.0. The molecule has 88 valence electrons. The van der Waals surface area contributed by atoms with Gasteiger partial charge in [0.05, 0.1) is 0 Å². The Balaban J connectivity index is 4.38. The van der Waals surface area contributed by atoms with Gasteiger partial charge >= 0.3 is 0 Å². The standard InChI is InChI=1S/C22/c1-3-5-7-9-11-13-15-17-19-21-22-20-18-16-14-12-10-8-6-4-2. The van der Waals surface area contributed by atoms with Gasteiger partial charge in [-0.3, -0.25) is 0 Å². The Labute approximate surface area is 131 Å². The molecule has 0 aliphatic carbocycles. The average molecular weight is 264 g/mol. The lowest BCUT2D eigenvalue weighted by Gasteiger charge is -1.56. The highest BCUT2D eigenvalue weighted by Crippen LogP contribution is 1.58. The fourth-order valence-corrected chi connectivity index (χ4v) is 0.562. The Morgan fingerprint density at radius 2 is 0.364 bits per heavy atom. The van der Waals surface area contributed by atoms with Crippen LogP contribution >= 0.6 is 0 Å². The molecule has 0 aromatic heterocycles. The maximum atomic E-state index is 6.50. The molecule has 0 aromatic rings. The summed E-state index contributed by atoms with van der Waals surface area (Å²) >= 11 is 0. The summed E-state index contributed by atoms with van der Waals surface area (Å²) in [5.41, 5.74) is 0. The molecule has 0 heteroatoms. The van der Waals surface area contributed by atoms with Crippen LogP contribution in [0.5, 0.6) is 0 Å². The minimum Gasteiger partial charge on any atom is 0 e. The summed E-state index contributed by atoms with van der Waals surface area (Å²) in [5.74, 6) is 47.0. The molecule has 0 saturated carbocycles. The van der Waals surface area contributed by atoms with Crippen molar-refractivity contribution in [3.8, 4) is 118 Å². The molecule has 0 unspecified atom stereocenters. The first-order chi connectivity index (χ1) is 10.9. The van der Waals surface area contributed by atoms with E-state index in [-0.39, 0.29) is 0 Å². The van der Waals surface area contributed by atoms with Crippen molar-refractivity contribution in [2.75, 3.05) is 0 Å². The van der Waals surface area contributed by atoms with E-state index in [1.54, 1.807) is 0 Å². The predicted octanol–water partition coefficient (Wildman–Crippen LogP) is 0.197. The fraction of sp³-hybridized carbons (Fsp3) is 0. The van der Waals surface area contributed by atoms with E-state index in [0.717, 1.165) is 0 Å². The lowest BCUT2D eigenvalue weighted by Crippen LogP contribution is -1.56. The van der Waals surface area contributed by atoms with E-state index in [1.807, 2.05) is 11.8 Å². The van der Waals surface area contributed by atoms with Gasteiger partial charge in [0.2, 0.25) is 0 Å². The van der Waals surface area contributed by atoms with Crippen LogP contribution < -0.4 is 0 Å². The predicted molar refractivity (Wildman–Crippen MR) is 84.2 cm³/mol. The van der Waals surface area contributed by atoms with E-state index in [1.165, 1.54) is 0 Å². The Morgan fingerprint density at radius 3 is 0.500 bits per heavy atom. The van der Waals surface area contributed by atoms with Crippen LogP contribution in [0.3, 0.4) is 0 Å². The molecule has 0 fully saturated rings. The average Bonchev–Trinajstić information content (AvgIpc) is 2.54. The first kappa shape index (κ1) is 17.2. The molecule has 0 amide bonds. The molecule has 0 spiro atoms. The van der Waals surface area contributed by atoms with Gasteiger partial charge in [0.1, 0.15) is 0 Å². The maximum Gasteiger partial charge on any atom is 0 e. The molecule has 0 aliphatic rings. The molecular formula is C22. The molecule has 0 rings (SSSR count). The van der Waals surface area contributed by atoms with Gasteiger partial charge in [0.25, 0.3) is 0 Å². The SMILES string of the molecule is [C]#CC#CC#CC#CC#CC#CC#CC#CC#CC#CC#[C]. The summed E-state index contributed by atoms with van der Waals surface area (Å²) in [6, 6.07) is 0. The second-order valence-electron chi connectivity index (χ2n) is 2.50. The minimum atomic E-state index is 1.87. The molecule has 0 aliphatic heterocycles. The smallest absolute Gasteiger partial charge is 0 e. The molecule has 0 heterocycles. The molecule has 0 N–H and O–H groups in total. The van der Waals surface area contributed by atoms with E-state index in [0.29, 0.717) is 0 Å². The molecule has 22 heavy (non-hydrogen) atoms. The van der Waals surface area contributed by atoms with E-state index in [4.69, 9.17) is 12.8 Å². The van der Waals surface area contributed by atoms with E-state index in [9.17, 15) is 0 Å². The highest BCUT2D eigenvalue weighted by Gasteiger charge is 1.58. The van der Waals surface area contributed by atoms with Gasteiger partial charge < -0.3 is 0 Å². The third-order valence-electron chi connectivity index (χ3n) is 1.19. The van der Waals surface area contributed by atoms with Crippen LogP contribution in [-0.4, -0.2) is 0 Å². The highest BCUT2D eigenvalue weighted by molar-refractivity contribution is 5.47. The summed E-state index contributed by atoms with van der Waals surface area (Å²) in [6.07, 6.45) is 13.0. The summed E-state index contributed by atoms with van der Waals surface area (Å²) in [5, 5.41) is 0. The molecule has 0 atom stereocenters. The summed E-state index contributed by atoms with van der Waals surface area (Å²) in [4.78, 5) is 0. The lowest BCUT2D eigenvalue weighted by atomic mass is 10.4. The largest absolute Gasteiger partial charge is 0 e. The monoisotopic (exact) mass is 264 g/mol. The van der Waals surface area contributed by atoms with Crippen LogP contribution in [-0.2, 0) is 0 Å². The Kier molecular flexibility index (Phi) is 12.6. The van der Waals surface area contributed by atoms with Crippen molar-refractivity contribution in [1.29, 1.82) is 0 Å². The summed E-state index contributed by atoms with van der Waals surface area (Å²) in [6.45, 7) is 0. The van der Waals surface area contributed by atoms with Gasteiger partial charge in [-0.2, -0.15) is 0 Å². The zero-order valence-electron chi connectivity index (χ0n) is 11.0. The van der Waals surface area contributed by atoms with Gasteiger partial charge in [-0.1, -0.05) is 0 Å². The molecule has 0 saturated heterocycles. The molecule has 0 bridgehead atoms. The number of rotatable bonds is 0. The first-order valence-electron chi connectivity index (χ1n) is 5.25. The lowest BCUT2D eigenvalue weighted by molar-refractivity contribution is 2.32. The quantitative estimate of drug-likeness (QED) is 0.548. The van der Waals surface area contributed by atoms with Crippen molar-refractivity contribution in [2.45, 2.75) is 0 Å². The first-order valence-corrected chi connectivity index (χ1v) is 5.25. The third-order valence-corrected chi connectivity index (χ3v) is 1.19. The van der Waals surface area contributed by atoms with Crippen molar-refractivity contribution in [1.82, 2.24) is 0 Å². The van der Waals surface area contributed by atoms with Gasteiger partial charge in [-0.25, -0.2) is 0 Å². The molecular weight excluding hydrogens is 264 g/mol. The molecule has 2 radical (unpaired) electrons. The van der Waals surface area contributed by atoms with Crippen molar-refractivity contribution < 1.29 is 0 Å². The Bertz CT molecular complexity index is 979. The highest BCUT2D eigenvalue weighted by atomic mass is 13.6. The normalized spacial score (nSPS) is 3.73. The maximum absolute atomic E-state index is 6.50. The van der Waals surface area contributed by atoms with Gasteiger partial charge in [0.15, 0.2) is 0 Å². The third kappa shape index (κ3) is 15.2. The number of hydrogen-bond donors (Lipinski definition) is 0. The number of hydrogen-bond acceptors (Lipinski definition) is 0. The summed E-state index contributed by atoms with van der Waals surface area (Å²) < 4.78 is 0. The van der Waals surface area contributed by atoms with E-state index in [2.05, 4.69) is 107 Å². The van der Waals surface area contributed by atoms with Crippen molar-refractivity contribution >= 4 is 0 Å².